The lowest BCUT2D eigenvalue weighted by Gasteiger charge is -2.15. The van der Waals surface area contributed by atoms with Gasteiger partial charge in [-0.05, 0) is 37.0 Å². The van der Waals surface area contributed by atoms with E-state index in [-0.39, 0.29) is 24.0 Å². The van der Waals surface area contributed by atoms with Gasteiger partial charge in [-0.25, -0.2) is 8.42 Å². The summed E-state index contributed by atoms with van der Waals surface area (Å²) in [5.41, 5.74) is 0.882. The van der Waals surface area contributed by atoms with E-state index in [4.69, 9.17) is 16.3 Å². The Morgan fingerprint density at radius 3 is 2.39 bits per heavy atom. The normalized spacial score (nSPS) is 15.5. The number of carbonyl (C=O) groups is 1. The molecule has 1 aromatic rings. The van der Waals surface area contributed by atoms with E-state index in [1.165, 1.54) is 4.31 Å². The first kappa shape index (κ1) is 18.0. The van der Waals surface area contributed by atoms with Crippen LogP contribution in [0.5, 0.6) is 0 Å². The fourth-order valence-corrected chi connectivity index (χ4v) is 3.95. The van der Waals surface area contributed by atoms with Crippen LogP contribution >= 0.6 is 11.6 Å². The minimum atomic E-state index is -3.39. The van der Waals surface area contributed by atoms with E-state index < -0.39 is 10.0 Å². The van der Waals surface area contributed by atoms with Crippen LogP contribution in [-0.2, 0) is 26.0 Å². The Morgan fingerprint density at radius 2 is 1.83 bits per heavy atom. The van der Waals surface area contributed by atoms with E-state index in [0.717, 1.165) is 18.4 Å². The molecule has 0 aromatic heterocycles. The van der Waals surface area contributed by atoms with Crippen molar-refractivity contribution in [1.82, 2.24) is 4.31 Å². The molecule has 126 valence electrons. The van der Waals surface area contributed by atoms with Gasteiger partial charge >= 0.3 is 5.97 Å². The number of carbonyl (C=O) groups excluding carboxylic acids is 1. The van der Waals surface area contributed by atoms with Gasteiger partial charge < -0.3 is 4.74 Å². The third kappa shape index (κ3) is 5.06. The summed E-state index contributed by atoms with van der Waals surface area (Å²) in [6.45, 7) is 4.62. The molecule has 0 bridgehead atoms. The van der Waals surface area contributed by atoms with E-state index in [1.807, 2.05) is 0 Å². The summed E-state index contributed by atoms with van der Waals surface area (Å²) in [6, 6.07) is 6.65. The van der Waals surface area contributed by atoms with Gasteiger partial charge in [-0.3, -0.25) is 4.79 Å². The van der Waals surface area contributed by atoms with Gasteiger partial charge in [0.2, 0.25) is 10.0 Å². The maximum absolute atomic E-state index is 12.4. The molecular formula is C16H20ClNO4S. The fraction of sp³-hybridized carbons (Fsp3) is 0.438. The molecule has 0 saturated carbocycles. The number of rotatable bonds is 7. The third-order valence-corrected chi connectivity index (χ3v) is 5.66. The van der Waals surface area contributed by atoms with Crippen LogP contribution in [0.3, 0.4) is 0 Å². The molecule has 1 aromatic carbocycles. The number of nitrogens with zero attached hydrogens (tertiary/aromatic N) is 1. The highest BCUT2D eigenvalue weighted by Crippen LogP contribution is 2.21. The number of esters is 1. The van der Waals surface area contributed by atoms with Crippen molar-refractivity contribution in [1.29, 1.82) is 0 Å². The van der Waals surface area contributed by atoms with E-state index >= 15 is 0 Å². The second-order valence-corrected chi connectivity index (χ2v) is 7.91. The highest BCUT2D eigenvalue weighted by Gasteiger charge is 2.26. The first-order valence-corrected chi connectivity index (χ1v) is 9.29. The smallest absolute Gasteiger partial charge is 0.306 e. The molecule has 1 heterocycles. The molecule has 1 aliphatic rings. The lowest BCUT2D eigenvalue weighted by atomic mass is 10.1. The van der Waals surface area contributed by atoms with Crippen molar-refractivity contribution in [2.24, 2.45) is 0 Å². The number of benzene rings is 1. The average molecular weight is 358 g/mol. The van der Waals surface area contributed by atoms with Gasteiger partial charge in [0.1, 0.15) is 6.61 Å². The van der Waals surface area contributed by atoms with Gasteiger partial charge in [0.15, 0.2) is 0 Å². The minimum absolute atomic E-state index is 0.00735. The molecule has 1 fully saturated rings. The van der Waals surface area contributed by atoms with E-state index in [2.05, 4.69) is 6.58 Å². The van der Waals surface area contributed by atoms with E-state index in [0.29, 0.717) is 24.4 Å². The van der Waals surface area contributed by atoms with Gasteiger partial charge in [-0.2, -0.15) is 4.31 Å². The Kier molecular flexibility index (Phi) is 6.21. The summed E-state index contributed by atoms with van der Waals surface area (Å²) in [4.78, 5) is 11.8. The summed E-state index contributed by atoms with van der Waals surface area (Å²) < 4.78 is 31.2. The quantitative estimate of drug-likeness (QED) is 0.704. The number of sulfonamides is 1. The third-order valence-electron chi connectivity index (χ3n) is 3.63. The van der Waals surface area contributed by atoms with Crippen LogP contribution in [0.4, 0.5) is 0 Å². The Bertz CT molecular complexity index is 664. The molecule has 0 unspecified atom stereocenters. The first-order valence-electron chi connectivity index (χ1n) is 7.47. The molecule has 0 N–H and O–H groups in total. The molecular weight excluding hydrogens is 338 g/mol. The first-order chi connectivity index (χ1) is 10.9. The summed E-state index contributed by atoms with van der Waals surface area (Å²) in [5, 5.41) is 0.273. The standard InChI is InChI=1S/C16H20ClNO4S/c1-13(17)12-22-16(19)9-6-14-4-7-15(8-5-14)23(20,21)18-10-2-3-11-18/h4-5,7-8H,1-3,6,9-12H2. The summed E-state index contributed by atoms with van der Waals surface area (Å²) in [6.07, 6.45) is 2.52. The number of halogens is 1. The Hall–Kier alpha value is -1.37. The SMILES string of the molecule is C=C(Cl)COC(=O)CCc1ccc(S(=O)(=O)N2CCCC2)cc1. The van der Waals surface area contributed by atoms with Crippen LogP contribution in [0.1, 0.15) is 24.8 Å². The van der Waals surface area contributed by atoms with Crippen molar-refractivity contribution < 1.29 is 17.9 Å². The molecule has 0 aliphatic carbocycles. The lowest BCUT2D eigenvalue weighted by Crippen LogP contribution is -2.27. The number of ether oxygens (including phenoxy) is 1. The molecule has 0 atom stereocenters. The van der Waals surface area contributed by atoms with Crippen molar-refractivity contribution in [3.63, 3.8) is 0 Å². The largest absolute Gasteiger partial charge is 0.460 e. The van der Waals surface area contributed by atoms with Gasteiger partial charge in [-0.1, -0.05) is 30.3 Å². The zero-order chi connectivity index (χ0) is 16.9. The molecule has 1 aliphatic heterocycles. The zero-order valence-electron chi connectivity index (χ0n) is 12.8. The predicted molar refractivity (Wildman–Crippen MR) is 88.7 cm³/mol. The number of aryl methyl sites for hydroxylation is 1. The molecule has 5 nitrogen and oxygen atoms in total. The Balaban J connectivity index is 1.92. The van der Waals surface area contributed by atoms with Crippen LogP contribution in [0.2, 0.25) is 0 Å². The number of hydrogen-bond acceptors (Lipinski definition) is 4. The van der Waals surface area contributed by atoms with Gasteiger partial charge in [0, 0.05) is 24.5 Å². The highest BCUT2D eigenvalue weighted by molar-refractivity contribution is 7.89. The monoisotopic (exact) mass is 357 g/mol. The maximum Gasteiger partial charge on any atom is 0.306 e. The summed E-state index contributed by atoms with van der Waals surface area (Å²) in [7, 11) is -3.39. The van der Waals surface area contributed by atoms with Crippen molar-refractivity contribution in [2.75, 3.05) is 19.7 Å². The maximum atomic E-state index is 12.4. The second-order valence-electron chi connectivity index (χ2n) is 5.43. The predicted octanol–water partition coefficient (Wildman–Crippen LogP) is 2.70. The Morgan fingerprint density at radius 1 is 1.22 bits per heavy atom. The van der Waals surface area contributed by atoms with Crippen LogP contribution in [0, 0.1) is 0 Å². The molecule has 1 saturated heterocycles. The molecule has 23 heavy (non-hydrogen) atoms. The van der Waals surface area contributed by atoms with Crippen LogP contribution in [-0.4, -0.2) is 38.4 Å². The van der Waals surface area contributed by atoms with Crippen molar-refractivity contribution in [3.8, 4) is 0 Å². The van der Waals surface area contributed by atoms with E-state index in [9.17, 15) is 13.2 Å². The summed E-state index contributed by atoms with van der Waals surface area (Å²) in [5.74, 6) is -0.361. The molecule has 7 heteroatoms. The molecule has 2 rings (SSSR count). The molecule has 0 spiro atoms. The zero-order valence-corrected chi connectivity index (χ0v) is 14.4. The molecule has 0 radical (unpaired) electrons. The fourth-order valence-electron chi connectivity index (χ4n) is 2.38. The van der Waals surface area contributed by atoms with Crippen LogP contribution in [0.25, 0.3) is 0 Å². The topological polar surface area (TPSA) is 63.7 Å². The summed E-state index contributed by atoms with van der Waals surface area (Å²) >= 11 is 5.52. The van der Waals surface area contributed by atoms with Crippen LogP contribution in [0.15, 0.2) is 40.8 Å². The highest BCUT2D eigenvalue weighted by atomic mass is 35.5. The number of hydrogen-bond donors (Lipinski definition) is 0. The van der Waals surface area contributed by atoms with Crippen molar-refractivity contribution >= 4 is 27.6 Å². The van der Waals surface area contributed by atoms with E-state index in [1.54, 1.807) is 24.3 Å². The van der Waals surface area contributed by atoms with Crippen molar-refractivity contribution in [3.05, 3.63) is 41.4 Å². The average Bonchev–Trinajstić information content (AvgIpc) is 3.06. The van der Waals surface area contributed by atoms with Crippen LogP contribution < -0.4 is 0 Å². The second kappa shape index (κ2) is 7.95. The Labute approximate surface area is 141 Å². The van der Waals surface area contributed by atoms with Gasteiger partial charge in [-0.15, -0.1) is 0 Å². The van der Waals surface area contributed by atoms with Gasteiger partial charge in [0.05, 0.1) is 4.90 Å². The minimum Gasteiger partial charge on any atom is -0.460 e. The van der Waals surface area contributed by atoms with Crippen molar-refractivity contribution in [2.45, 2.75) is 30.6 Å². The molecule has 0 amide bonds. The lowest BCUT2D eigenvalue weighted by molar-refractivity contribution is -0.142. The van der Waals surface area contributed by atoms with Gasteiger partial charge in [0.25, 0.3) is 0 Å².